The van der Waals surface area contributed by atoms with Crippen LogP contribution >= 0.6 is 0 Å². The Morgan fingerprint density at radius 2 is 1.94 bits per heavy atom. The van der Waals surface area contributed by atoms with Gasteiger partial charge in [-0.05, 0) is 19.3 Å². The summed E-state index contributed by atoms with van der Waals surface area (Å²) in [5.41, 5.74) is 0.772. The molecule has 0 unspecified atom stereocenters. The number of esters is 1. The van der Waals surface area contributed by atoms with Gasteiger partial charge in [-0.2, -0.15) is 0 Å². The molecule has 0 aliphatic heterocycles. The van der Waals surface area contributed by atoms with Gasteiger partial charge in [-0.1, -0.05) is 38.7 Å². The van der Waals surface area contributed by atoms with Gasteiger partial charge in [-0.3, -0.25) is 0 Å². The van der Waals surface area contributed by atoms with Crippen molar-refractivity contribution >= 4 is 5.97 Å². The van der Waals surface area contributed by atoms with Crippen LogP contribution in [0.2, 0.25) is 0 Å². The molecule has 98 valence electrons. The second-order valence-electron chi connectivity index (χ2n) is 4.67. The third-order valence-electron chi connectivity index (χ3n) is 3.44. The second-order valence-corrected chi connectivity index (χ2v) is 4.67. The average molecular weight is 239 g/mol. The fourth-order valence-corrected chi connectivity index (χ4v) is 2.34. The smallest absolute Gasteiger partial charge is 0.333 e. The first-order valence-electron chi connectivity index (χ1n) is 6.78. The Kier molecular flexibility index (Phi) is 6.94. The van der Waals surface area contributed by atoms with E-state index in [4.69, 9.17) is 4.74 Å². The van der Waals surface area contributed by atoms with Crippen molar-refractivity contribution in [1.82, 2.24) is 5.32 Å². The van der Waals surface area contributed by atoms with Crippen LogP contribution in [0.15, 0.2) is 11.6 Å². The van der Waals surface area contributed by atoms with Crippen LogP contribution in [0.1, 0.15) is 51.9 Å². The van der Waals surface area contributed by atoms with Gasteiger partial charge >= 0.3 is 5.97 Å². The van der Waals surface area contributed by atoms with Gasteiger partial charge in [-0.25, -0.2) is 4.79 Å². The van der Waals surface area contributed by atoms with Crippen molar-refractivity contribution in [2.45, 2.75) is 57.9 Å². The minimum Gasteiger partial charge on any atom is -0.466 e. The summed E-state index contributed by atoms with van der Waals surface area (Å²) in [7, 11) is 1.44. The number of carbonyl (C=O) groups is 1. The summed E-state index contributed by atoms with van der Waals surface area (Å²) in [5.74, 6) is -0.199. The second kappa shape index (κ2) is 8.29. The Morgan fingerprint density at radius 1 is 1.29 bits per heavy atom. The fraction of sp³-hybridized carbons (Fsp3) is 0.786. The predicted octanol–water partition coefficient (Wildman–Crippen LogP) is 2.81. The summed E-state index contributed by atoms with van der Waals surface area (Å²) in [6, 6.07) is 0.629. The molecule has 1 fully saturated rings. The molecule has 0 radical (unpaired) electrons. The maximum Gasteiger partial charge on any atom is 0.333 e. The van der Waals surface area contributed by atoms with E-state index < -0.39 is 0 Å². The molecule has 0 bridgehead atoms. The van der Waals surface area contributed by atoms with Crippen LogP contribution in [0, 0.1) is 0 Å². The lowest BCUT2D eigenvalue weighted by Gasteiger charge is -2.14. The largest absolute Gasteiger partial charge is 0.466 e. The van der Waals surface area contributed by atoms with Gasteiger partial charge in [0.1, 0.15) is 0 Å². The molecule has 3 heteroatoms. The number of methoxy groups -OCH3 is 1. The molecule has 0 spiro atoms. The zero-order valence-electron chi connectivity index (χ0n) is 11.1. The summed E-state index contributed by atoms with van der Waals surface area (Å²) in [4.78, 5) is 11.4. The number of hydrogen-bond donors (Lipinski definition) is 1. The Bertz CT molecular complexity index is 253. The summed E-state index contributed by atoms with van der Waals surface area (Å²) in [6.07, 6.45) is 10.7. The van der Waals surface area contributed by atoms with E-state index in [0.29, 0.717) is 6.04 Å². The third kappa shape index (κ3) is 5.35. The highest BCUT2D eigenvalue weighted by molar-refractivity contribution is 5.88. The lowest BCUT2D eigenvalue weighted by molar-refractivity contribution is -0.136. The van der Waals surface area contributed by atoms with Crippen molar-refractivity contribution in [1.29, 1.82) is 0 Å². The molecule has 17 heavy (non-hydrogen) atoms. The zero-order chi connectivity index (χ0) is 12.5. The van der Waals surface area contributed by atoms with Gasteiger partial charge < -0.3 is 10.1 Å². The van der Waals surface area contributed by atoms with E-state index in [-0.39, 0.29) is 5.97 Å². The number of hydrogen-bond acceptors (Lipinski definition) is 3. The monoisotopic (exact) mass is 239 g/mol. The van der Waals surface area contributed by atoms with Crippen molar-refractivity contribution in [3.05, 3.63) is 11.6 Å². The number of rotatable bonds is 5. The van der Waals surface area contributed by atoms with Crippen LogP contribution in [0.3, 0.4) is 0 Å². The Hall–Kier alpha value is -0.830. The lowest BCUT2D eigenvalue weighted by Crippen LogP contribution is -2.28. The van der Waals surface area contributed by atoms with Gasteiger partial charge in [0.05, 0.1) is 7.11 Å². The third-order valence-corrected chi connectivity index (χ3v) is 3.44. The molecule has 1 N–H and O–H groups in total. The summed E-state index contributed by atoms with van der Waals surface area (Å²) in [6.45, 7) is 2.76. The van der Waals surface area contributed by atoms with Crippen molar-refractivity contribution in [2.75, 3.05) is 13.7 Å². The van der Waals surface area contributed by atoms with Crippen LogP contribution in [0.4, 0.5) is 0 Å². The molecular weight excluding hydrogens is 214 g/mol. The molecule has 1 aliphatic rings. The zero-order valence-corrected chi connectivity index (χ0v) is 11.1. The van der Waals surface area contributed by atoms with E-state index in [0.717, 1.165) is 18.5 Å². The minimum absolute atomic E-state index is 0.199. The summed E-state index contributed by atoms with van der Waals surface area (Å²) < 4.78 is 4.73. The van der Waals surface area contributed by atoms with E-state index in [1.54, 1.807) is 0 Å². The highest BCUT2D eigenvalue weighted by atomic mass is 16.5. The van der Waals surface area contributed by atoms with Crippen molar-refractivity contribution in [3.8, 4) is 0 Å². The van der Waals surface area contributed by atoms with Crippen LogP contribution in [-0.4, -0.2) is 25.7 Å². The lowest BCUT2D eigenvalue weighted by atomic mass is 10.1. The highest BCUT2D eigenvalue weighted by Crippen LogP contribution is 2.17. The van der Waals surface area contributed by atoms with Gasteiger partial charge in [-0.15, -0.1) is 0 Å². The molecule has 0 saturated heterocycles. The first-order chi connectivity index (χ1) is 8.27. The first kappa shape index (κ1) is 14.2. The van der Waals surface area contributed by atoms with Gasteiger partial charge in [0.2, 0.25) is 0 Å². The summed E-state index contributed by atoms with van der Waals surface area (Å²) >= 11 is 0. The van der Waals surface area contributed by atoms with Gasteiger partial charge in [0.25, 0.3) is 0 Å². The average Bonchev–Trinajstić information content (AvgIpc) is 2.62. The minimum atomic E-state index is -0.199. The van der Waals surface area contributed by atoms with Crippen LogP contribution in [0.5, 0.6) is 0 Å². The van der Waals surface area contributed by atoms with Crippen molar-refractivity contribution in [3.63, 3.8) is 0 Å². The molecule has 3 nitrogen and oxygen atoms in total. The first-order valence-corrected chi connectivity index (χ1v) is 6.78. The van der Waals surface area contributed by atoms with E-state index in [9.17, 15) is 4.79 Å². The SMILES string of the molecule is CCC(=CCNC1CCCCCC1)C(=O)OC. The molecule has 0 heterocycles. The number of nitrogens with one attached hydrogen (secondary N) is 1. The maximum atomic E-state index is 11.4. The Balaban J connectivity index is 2.33. The quantitative estimate of drug-likeness (QED) is 0.455. The van der Waals surface area contributed by atoms with Gasteiger partial charge in [0, 0.05) is 18.2 Å². The molecule has 0 atom stereocenters. The molecular formula is C14H25NO2. The van der Waals surface area contributed by atoms with Crippen molar-refractivity contribution in [2.24, 2.45) is 0 Å². The fourth-order valence-electron chi connectivity index (χ4n) is 2.34. The molecule has 1 saturated carbocycles. The highest BCUT2D eigenvalue weighted by Gasteiger charge is 2.11. The van der Waals surface area contributed by atoms with Crippen molar-refractivity contribution < 1.29 is 9.53 Å². The van der Waals surface area contributed by atoms with E-state index in [1.807, 2.05) is 13.0 Å². The molecule has 1 aliphatic carbocycles. The normalized spacial score (nSPS) is 18.8. The number of carbonyl (C=O) groups excluding carboxylic acids is 1. The van der Waals surface area contributed by atoms with Crippen LogP contribution in [0.25, 0.3) is 0 Å². The van der Waals surface area contributed by atoms with E-state index in [2.05, 4.69) is 5.32 Å². The van der Waals surface area contributed by atoms with Crippen LogP contribution < -0.4 is 5.32 Å². The Morgan fingerprint density at radius 3 is 2.47 bits per heavy atom. The molecule has 0 amide bonds. The number of ether oxygens (including phenoxy) is 1. The maximum absolute atomic E-state index is 11.4. The molecule has 0 aromatic carbocycles. The van der Waals surface area contributed by atoms with Gasteiger partial charge in [0.15, 0.2) is 0 Å². The molecule has 0 aromatic heterocycles. The predicted molar refractivity (Wildman–Crippen MR) is 69.9 cm³/mol. The molecule has 0 aromatic rings. The summed E-state index contributed by atoms with van der Waals surface area (Å²) in [5, 5.41) is 3.52. The van der Waals surface area contributed by atoms with E-state index >= 15 is 0 Å². The topological polar surface area (TPSA) is 38.3 Å². The standard InChI is InChI=1S/C14H25NO2/c1-3-12(14(16)17-2)10-11-15-13-8-6-4-5-7-9-13/h10,13,15H,3-9,11H2,1-2H3. The Labute approximate surface area is 105 Å². The van der Waals surface area contributed by atoms with Crippen LogP contribution in [-0.2, 0) is 9.53 Å². The molecule has 1 rings (SSSR count). The van der Waals surface area contributed by atoms with E-state index in [1.165, 1.54) is 45.6 Å².